The molecule has 1 saturated heterocycles. The average molecular weight is 314 g/mol. The number of nitrogens with one attached hydrogen (secondary N) is 2. The highest BCUT2D eigenvalue weighted by Gasteiger charge is 2.28. The van der Waals surface area contributed by atoms with Crippen LogP contribution in [0.4, 0.5) is 4.79 Å². The smallest absolute Gasteiger partial charge is 0.407 e. The van der Waals surface area contributed by atoms with Crippen LogP contribution in [0.3, 0.4) is 0 Å². The third-order valence-electron chi connectivity index (χ3n) is 4.25. The van der Waals surface area contributed by atoms with Gasteiger partial charge in [-0.3, -0.25) is 0 Å². The van der Waals surface area contributed by atoms with E-state index in [2.05, 4.69) is 17.6 Å². The Morgan fingerprint density at radius 3 is 2.32 bits per heavy atom. The van der Waals surface area contributed by atoms with Crippen LogP contribution in [0.5, 0.6) is 0 Å². The Morgan fingerprint density at radius 1 is 1.05 bits per heavy atom. The van der Waals surface area contributed by atoms with Crippen LogP contribution in [0.1, 0.15) is 64.7 Å². The van der Waals surface area contributed by atoms with Gasteiger partial charge >= 0.3 is 6.09 Å². The molecule has 0 aromatic rings. The highest BCUT2D eigenvalue weighted by molar-refractivity contribution is 5.67. The minimum Gasteiger partial charge on any atom is -0.450 e. The number of rotatable bonds is 12. The van der Waals surface area contributed by atoms with E-state index >= 15 is 0 Å². The predicted octanol–water partition coefficient (Wildman–Crippen LogP) is 3.23. The van der Waals surface area contributed by atoms with Crippen molar-refractivity contribution in [2.45, 2.75) is 76.9 Å². The Morgan fingerprint density at radius 2 is 1.68 bits per heavy atom. The van der Waals surface area contributed by atoms with Crippen LogP contribution in [-0.4, -0.2) is 45.0 Å². The SMILES string of the molecule is CCCCCCCCCCCOC(=O)N[C@H]1CNC[C@@H]1OC. The number of amides is 1. The standard InChI is InChI=1S/C17H34N2O3/c1-3-4-5-6-7-8-9-10-11-12-22-17(20)19-15-13-18-14-16(15)21-2/h15-16,18H,3-14H2,1-2H3,(H,19,20)/t15-,16-/m0/s1. The largest absolute Gasteiger partial charge is 0.450 e. The van der Waals surface area contributed by atoms with Gasteiger partial charge in [0.2, 0.25) is 0 Å². The fourth-order valence-corrected chi connectivity index (χ4v) is 2.82. The molecular formula is C17H34N2O3. The molecule has 1 amide bonds. The number of hydrogen-bond acceptors (Lipinski definition) is 4. The van der Waals surface area contributed by atoms with Crippen molar-refractivity contribution in [1.29, 1.82) is 0 Å². The fourth-order valence-electron chi connectivity index (χ4n) is 2.82. The van der Waals surface area contributed by atoms with Crippen LogP contribution >= 0.6 is 0 Å². The van der Waals surface area contributed by atoms with Crippen LogP contribution in [0, 0.1) is 0 Å². The normalized spacial score (nSPS) is 21.0. The summed E-state index contributed by atoms with van der Waals surface area (Å²) in [6, 6.07) is 0.0145. The molecule has 0 bridgehead atoms. The van der Waals surface area contributed by atoms with Crippen LogP contribution in [-0.2, 0) is 9.47 Å². The molecule has 1 heterocycles. The van der Waals surface area contributed by atoms with E-state index in [0.29, 0.717) is 6.61 Å². The quantitative estimate of drug-likeness (QED) is 0.543. The first kappa shape index (κ1) is 19.2. The molecule has 0 aliphatic carbocycles. The van der Waals surface area contributed by atoms with Crippen LogP contribution in [0.15, 0.2) is 0 Å². The summed E-state index contributed by atoms with van der Waals surface area (Å²) in [4.78, 5) is 11.7. The molecule has 1 aliphatic rings. The number of alkyl carbamates (subject to hydrolysis) is 1. The average Bonchev–Trinajstić information content (AvgIpc) is 2.96. The van der Waals surface area contributed by atoms with E-state index in [-0.39, 0.29) is 18.2 Å². The fraction of sp³-hybridized carbons (Fsp3) is 0.941. The second-order valence-electron chi connectivity index (χ2n) is 6.15. The summed E-state index contributed by atoms with van der Waals surface area (Å²) in [6.07, 6.45) is 11.1. The van der Waals surface area contributed by atoms with E-state index in [0.717, 1.165) is 25.9 Å². The van der Waals surface area contributed by atoms with Crippen molar-refractivity contribution in [3.05, 3.63) is 0 Å². The predicted molar refractivity (Wildman–Crippen MR) is 89.2 cm³/mol. The van der Waals surface area contributed by atoms with Gasteiger partial charge in [0.15, 0.2) is 0 Å². The number of hydrogen-bond donors (Lipinski definition) is 2. The van der Waals surface area contributed by atoms with Gasteiger partial charge in [-0.15, -0.1) is 0 Å². The lowest BCUT2D eigenvalue weighted by atomic mass is 10.1. The lowest BCUT2D eigenvalue weighted by molar-refractivity contribution is 0.0873. The van der Waals surface area contributed by atoms with Crippen molar-refractivity contribution >= 4 is 6.09 Å². The number of unbranched alkanes of at least 4 members (excludes halogenated alkanes) is 8. The molecule has 1 rings (SSSR count). The summed E-state index contributed by atoms with van der Waals surface area (Å²) in [5, 5.41) is 6.05. The van der Waals surface area contributed by atoms with Crippen LogP contribution in [0.2, 0.25) is 0 Å². The Labute approximate surface area is 135 Å². The van der Waals surface area contributed by atoms with Crippen molar-refractivity contribution < 1.29 is 14.3 Å². The summed E-state index contributed by atoms with van der Waals surface area (Å²) in [5.74, 6) is 0. The van der Waals surface area contributed by atoms with Gasteiger partial charge < -0.3 is 20.1 Å². The number of ether oxygens (including phenoxy) is 2. The first-order valence-electron chi connectivity index (χ1n) is 8.94. The van der Waals surface area contributed by atoms with E-state index in [1.54, 1.807) is 7.11 Å². The minimum atomic E-state index is -0.324. The molecule has 1 aliphatic heterocycles. The Hall–Kier alpha value is -0.810. The third-order valence-corrected chi connectivity index (χ3v) is 4.25. The topological polar surface area (TPSA) is 59.6 Å². The van der Waals surface area contributed by atoms with Crippen LogP contribution in [0.25, 0.3) is 0 Å². The van der Waals surface area contributed by atoms with Gasteiger partial charge in [0.1, 0.15) is 0 Å². The molecule has 5 heteroatoms. The molecule has 2 N–H and O–H groups in total. The number of carbonyl (C=O) groups excluding carboxylic acids is 1. The van der Waals surface area contributed by atoms with E-state index < -0.39 is 0 Å². The second-order valence-corrected chi connectivity index (χ2v) is 6.15. The first-order valence-corrected chi connectivity index (χ1v) is 8.94. The van der Waals surface area contributed by atoms with Gasteiger partial charge in [-0.2, -0.15) is 0 Å². The van der Waals surface area contributed by atoms with Gasteiger partial charge in [0.25, 0.3) is 0 Å². The van der Waals surface area contributed by atoms with Crippen molar-refractivity contribution in [1.82, 2.24) is 10.6 Å². The zero-order valence-electron chi connectivity index (χ0n) is 14.4. The molecule has 2 atom stereocenters. The summed E-state index contributed by atoms with van der Waals surface area (Å²) in [6.45, 7) is 4.28. The van der Waals surface area contributed by atoms with Crippen molar-refractivity contribution in [3.63, 3.8) is 0 Å². The van der Waals surface area contributed by atoms with Crippen LogP contribution < -0.4 is 10.6 Å². The summed E-state index contributed by atoms with van der Waals surface area (Å²) < 4.78 is 10.5. The molecule has 1 fully saturated rings. The summed E-state index contributed by atoms with van der Waals surface area (Å²) >= 11 is 0. The molecule has 5 nitrogen and oxygen atoms in total. The number of carbonyl (C=O) groups is 1. The lowest BCUT2D eigenvalue weighted by Gasteiger charge is -2.18. The maximum atomic E-state index is 11.7. The maximum Gasteiger partial charge on any atom is 0.407 e. The lowest BCUT2D eigenvalue weighted by Crippen LogP contribution is -2.43. The molecule has 0 aromatic heterocycles. The molecular weight excluding hydrogens is 280 g/mol. The molecule has 130 valence electrons. The second kappa shape index (κ2) is 12.7. The van der Waals surface area contributed by atoms with Gasteiger partial charge in [-0.1, -0.05) is 58.3 Å². The molecule has 0 saturated carbocycles. The highest BCUT2D eigenvalue weighted by Crippen LogP contribution is 2.09. The van der Waals surface area contributed by atoms with E-state index in [4.69, 9.17) is 9.47 Å². The Balaban J connectivity index is 1.88. The first-order chi connectivity index (χ1) is 10.8. The molecule has 0 radical (unpaired) electrons. The highest BCUT2D eigenvalue weighted by atomic mass is 16.5. The maximum absolute atomic E-state index is 11.7. The minimum absolute atomic E-state index is 0.0145. The molecule has 0 unspecified atom stereocenters. The summed E-state index contributed by atoms with van der Waals surface area (Å²) in [5.41, 5.74) is 0. The molecule has 22 heavy (non-hydrogen) atoms. The van der Waals surface area contributed by atoms with Crippen molar-refractivity contribution in [2.75, 3.05) is 26.8 Å². The molecule has 0 spiro atoms. The van der Waals surface area contributed by atoms with E-state index in [1.807, 2.05) is 0 Å². The zero-order chi connectivity index (χ0) is 16.0. The van der Waals surface area contributed by atoms with Crippen molar-refractivity contribution in [3.8, 4) is 0 Å². The third kappa shape index (κ3) is 8.59. The Kier molecular flexibility index (Phi) is 11.1. The summed E-state index contributed by atoms with van der Waals surface area (Å²) in [7, 11) is 1.67. The van der Waals surface area contributed by atoms with Gasteiger partial charge in [0.05, 0.1) is 18.8 Å². The number of methoxy groups -OCH3 is 1. The Bertz CT molecular complexity index is 287. The van der Waals surface area contributed by atoms with Gasteiger partial charge in [0, 0.05) is 20.2 Å². The van der Waals surface area contributed by atoms with E-state index in [9.17, 15) is 4.79 Å². The zero-order valence-corrected chi connectivity index (χ0v) is 14.4. The monoisotopic (exact) mass is 314 g/mol. The van der Waals surface area contributed by atoms with Gasteiger partial charge in [-0.25, -0.2) is 4.79 Å². The van der Waals surface area contributed by atoms with Gasteiger partial charge in [-0.05, 0) is 6.42 Å². The van der Waals surface area contributed by atoms with Crippen molar-refractivity contribution in [2.24, 2.45) is 0 Å². The van der Waals surface area contributed by atoms with E-state index in [1.165, 1.54) is 44.9 Å². The molecule has 0 aromatic carbocycles.